The average Bonchev–Trinajstić information content (AvgIpc) is 3.28. The van der Waals surface area contributed by atoms with E-state index in [-0.39, 0.29) is 11.5 Å². The van der Waals surface area contributed by atoms with Crippen LogP contribution in [-0.4, -0.2) is 53.1 Å². The van der Waals surface area contributed by atoms with Crippen LogP contribution in [0, 0.1) is 5.92 Å². The molecular formula is C20H28NO3+. The van der Waals surface area contributed by atoms with Crippen LogP contribution in [0.2, 0.25) is 0 Å². The van der Waals surface area contributed by atoms with Gasteiger partial charge in [0.15, 0.2) is 0 Å². The molecule has 1 saturated carbocycles. The number of benzene rings is 1. The molecule has 2 N–H and O–H groups in total. The van der Waals surface area contributed by atoms with Crippen LogP contribution in [0.1, 0.15) is 43.7 Å². The minimum atomic E-state index is -0.749. The van der Waals surface area contributed by atoms with E-state index in [9.17, 15) is 10.2 Å². The maximum atomic E-state index is 12.0. The number of aliphatic hydroxyl groups is 1. The molecule has 0 radical (unpaired) electrons. The SMILES string of the molecule is CCC1(O)C2Cc3c(O)ccc4c3[C@@]1(CC[N@+]2(C)CC1CC1)CO4. The zero-order valence-corrected chi connectivity index (χ0v) is 14.7. The van der Waals surface area contributed by atoms with E-state index in [1.807, 2.05) is 6.07 Å². The van der Waals surface area contributed by atoms with Gasteiger partial charge < -0.3 is 19.4 Å². The molecule has 4 aliphatic rings. The number of hydrogen-bond acceptors (Lipinski definition) is 3. The Kier molecular flexibility index (Phi) is 2.80. The first-order valence-electron chi connectivity index (χ1n) is 9.48. The smallest absolute Gasteiger partial charge is 0.129 e. The minimum Gasteiger partial charge on any atom is -0.508 e. The third kappa shape index (κ3) is 1.62. The highest BCUT2D eigenvalue weighted by Crippen LogP contribution is 2.61. The maximum Gasteiger partial charge on any atom is 0.129 e. The van der Waals surface area contributed by atoms with Gasteiger partial charge in [-0.2, -0.15) is 0 Å². The molecule has 24 heavy (non-hydrogen) atoms. The van der Waals surface area contributed by atoms with Gasteiger partial charge in [0.05, 0.1) is 25.6 Å². The van der Waals surface area contributed by atoms with Crippen LogP contribution in [0.15, 0.2) is 12.1 Å². The van der Waals surface area contributed by atoms with Crippen molar-refractivity contribution < 1.29 is 19.4 Å². The highest BCUT2D eigenvalue weighted by atomic mass is 16.5. The number of likely N-dealkylation sites (tertiary alicyclic amines) is 1. The van der Waals surface area contributed by atoms with Crippen molar-refractivity contribution in [2.75, 3.05) is 26.7 Å². The van der Waals surface area contributed by atoms with Gasteiger partial charge in [0.2, 0.25) is 0 Å². The second-order valence-corrected chi connectivity index (χ2v) is 8.88. The Morgan fingerprint density at radius 2 is 2.12 bits per heavy atom. The summed E-state index contributed by atoms with van der Waals surface area (Å²) in [5.74, 6) is 2.09. The van der Waals surface area contributed by atoms with Crippen molar-refractivity contribution >= 4 is 0 Å². The fourth-order valence-corrected chi connectivity index (χ4v) is 6.20. The molecule has 2 bridgehead atoms. The van der Waals surface area contributed by atoms with E-state index >= 15 is 0 Å². The van der Waals surface area contributed by atoms with Gasteiger partial charge in [-0.3, -0.25) is 0 Å². The fraction of sp³-hybridized carbons (Fsp3) is 0.700. The Morgan fingerprint density at radius 3 is 2.83 bits per heavy atom. The lowest BCUT2D eigenvalue weighted by atomic mass is 9.53. The number of phenolic OH excluding ortho intramolecular Hbond substituents is 1. The normalized spacial score (nSPS) is 42.5. The number of aromatic hydroxyl groups is 1. The molecule has 2 aliphatic heterocycles. The first kappa shape index (κ1) is 15.0. The number of likely N-dealkylation sites (N-methyl/N-ethyl adjacent to an activating group) is 1. The molecule has 0 amide bonds. The summed E-state index contributed by atoms with van der Waals surface area (Å²) in [5, 5.41) is 22.5. The van der Waals surface area contributed by atoms with Gasteiger partial charge >= 0.3 is 0 Å². The van der Waals surface area contributed by atoms with Gasteiger partial charge in [-0.05, 0) is 31.4 Å². The zero-order valence-electron chi connectivity index (χ0n) is 14.7. The summed E-state index contributed by atoms with van der Waals surface area (Å²) in [6.07, 6.45) is 5.12. The predicted octanol–water partition coefficient (Wildman–Crippen LogP) is 2.35. The van der Waals surface area contributed by atoms with Gasteiger partial charge in [-0.15, -0.1) is 0 Å². The number of piperidine rings is 1. The molecule has 4 nitrogen and oxygen atoms in total. The van der Waals surface area contributed by atoms with Gasteiger partial charge in [0.1, 0.15) is 29.7 Å². The van der Waals surface area contributed by atoms with Crippen molar-refractivity contribution in [3.05, 3.63) is 23.3 Å². The summed E-state index contributed by atoms with van der Waals surface area (Å²) in [5.41, 5.74) is 1.06. The number of fused-ring (bicyclic) bond motifs is 1. The van der Waals surface area contributed by atoms with E-state index in [0.29, 0.717) is 12.4 Å². The van der Waals surface area contributed by atoms with Crippen molar-refractivity contribution in [3.8, 4) is 11.5 Å². The number of phenols is 1. The molecule has 0 aromatic heterocycles. The van der Waals surface area contributed by atoms with Crippen LogP contribution in [0.4, 0.5) is 0 Å². The van der Waals surface area contributed by atoms with Crippen molar-refractivity contribution in [1.29, 1.82) is 0 Å². The van der Waals surface area contributed by atoms with Crippen LogP contribution in [-0.2, 0) is 11.8 Å². The summed E-state index contributed by atoms with van der Waals surface area (Å²) < 4.78 is 6.98. The standard InChI is InChI=1S/C20H27NO3/c1-3-20(23)17-10-14-15(22)6-7-16-18(14)19(20,12-24-16)8-9-21(17,2)11-13-4-5-13/h6-7,13,17,23H,3-5,8-12H2,1-2H3/p+1/t17?,19-,20?,21-/m1/s1. The highest BCUT2D eigenvalue weighted by molar-refractivity contribution is 5.59. The second kappa shape index (κ2) is 4.47. The van der Waals surface area contributed by atoms with Crippen molar-refractivity contribution in [2.24, 2.45) is 5.92 Å². The summed E-state index contributed by atoms with van der Waals surface area (Å²) in [6, 6.07) is 3.80. The first-order valence-corrected chi connectivity index (χ1v) is 9.48. The van der Waals surface area contributed by atoms with Gasteiger partial charge in [-0.25, -0.2) is 0 Å². The van der Waals surface area contributed by atoms with Crippen molar-refractivity contribution in [2.45, 2.75) is 56.1 Å². The van der Waals surface area contributed by atoms with Crippen LogP contribution in [0.5, 0.6) is 11.5 Å². The van der Waals surface area contributed by atoms with Crippen LogP contribution in [0.25, 0.3) is 0 Å². The van der Waals surface area contributed by atoms with Crippen LogP contribution in [0.3, 0.4) is 0 Å². The van der Waals surface area contributed by atoms with Crippen molar-refractivity contribution in [1.82, 2.24) is 0 Å². The molecule has 2 fully saturated rings. The summed E-state index contributed by atoms with van der Waals surface area (Å²) in [7, 11) is 2.33. The molecule has 4 atom stereocenters. The first-order chi connectivity index (χ1) is 11.4. The molecule has 1 aromatic rings. The van der Waals surface area contributed by atoms with Gasteiger partial charge in [0.25, 0.3) is 0 Å². The van der Waals surface area contributed by atoms with E-state index in [1.54, 1.807) is 6.07 Å². The lowest BCUT2D eigenvalue weighted by molar-refractivity contribution is -0.950. The molecule has 2 unspecified atom stereocenters. The molecule has 130 valence electrons. The third-order valence-electron chi connectivity index (χ3n) is 7.69. The van der Waals surface area contributed by atoms with E-state index in [2.05, 4.69) is 14.0 Å². The Morgan fingerprint density at radius 1 is 1.33 bits per heavy atom. The lowest BCUT2D eigenvalue weighted by Crippen LogP contribution is -2.77. The zero-order chi connectivity index (χ0) is 16.7. The Bertz CT molecular complexity index is 715. The summed E-state index contributed by atoms with van der Waals surface area (Å²) >= 11 is 0. The third-order valence-corrected chi connectivity index (χ3v) is 7.69. The Hall–Kier alpha value is -1.26. The van der Waals surface area contributed by atoms with Crippen LogP contribution < -0.4 is 4.74 Å². The summed E-state index contributed by atoms with van der Waals surface area (Å²) in [4.78, 5) is 0. The highest BCUT2D eigenvalue weighted by Gasteiger charge is 2.70. The molecule has 1 saturated heterocycles. The lowest BCUT2D eigenvalue weighted by Gasteiger charge is -2.62. The second-order valence-electron chi connectivity index (χ2n) is 8.88. The van der Waals surface area contributed by atoms with Gasteiger partial charge in [-0.1, -0.05) is 6.92 Å². The number of quaternary nitrogens is 1. The van der Waals surface area contributed by atoms with Gasteiger partial charge in [0, 0.05) is 29.9 Å². The van der Waals surface area contributed by atoms with Crippen LogP contribution >= 0.6 is 0 Å². The number of ether oxygens (including phenoxy) is 1. The number of rotatable bonds is 3. The molecule has 1 aromatic carbocycles. The molecule has 2 heterocycles. The molecule has 2 aliphatic carbocycles. The predicted molar refractivity (Wildman–Crippen MR) is 91.3 cm³/mol. The minimum absolute atomic E-state index is 0.146. The number of hydrogen-bond donors (Lipinski definition) is 2. The van der Waals surface area contributed by atoms with Crippen molar-refractivity contribution in [3.63, 3.8) is 0 Å². The molecule has 5 rings (SSSR count). The van der Waals surface area contributed by atoms with E-state index in [1.165, 1.54) is 19.4 Å². The Balaban J connectivity index is 1.71. The van der Waals surface area contributed by atoms with E-state index in [4.69, 9.17) is 4.74 Å². The Labute approximate surface area is 143 Å². The molecular weight excluding hydrogens is 302 g/mol. The largest absolute Gasteiger partial charge is 0.508 e. The quantitative estimate of drug-likeness (QED) is 0.837. The monoisotopic (exact) mass is 330 g/mol. The average molecular weight is 330 g/mol. The number of nitrogens with zero attached hydrogens (tertiary/aromatic N) is 1. The topological polar surface area (TPSA) is 49.7 Å². The van der Waals surface area contributed by atoms with E-state index < -0.39 is 5.60 Å². The maximum absolute atomic E-state index is 12.0. The van der Waals surface area contributed by atoms with E-state index in [0.717, 1.165) is 53.1 Å². The summed E-state index contributed by atoms with van der Waals surface area (Å²) in [6.45, 7) is 4.94. The fourth-order valence-electron chi connectivity index (χ4n) is 6.20. The molecule has 4 heteroatoms. The molecule has 1 spiro atoms.